The number of carbonyl (C=O) groups excluding carboxylic acids is 1. The maximum absolute atomic E-state index is 12.2. The Balaban J connectivity index is 2.14. The van der Waals surface area contributed by atoms with Gasteiger partial charge in [0.1, 0.15) is 0 Å². The van der Waals surface area contributed by atoms with E-state index < -0.39 is 11.7 Å². The lowest BCUT2D eigenvalue weighted by Crippen LogP contribution is -2.47. The minimum atomic E-state index is -1.13. The highest BCUT2D eigenvalue weighted by Gasteiger charge is 2.45. The monoisotopic (exact) mass is 362 g/mol. The zero-order chi connectivity index (χ0) is 19.3. The molecule has 0 aliphatic rings. The van der Waals surface area contributed by atoms with E-state index in [-0.39, 0.29) is 6.01 Å². The number of benzene rings is 2. The topological polar surface area (TPSA) is 61.3 Å². The van der Waals surface area contributed by atoms with Crippen molar-refractivity contribution >= 4 is 6.29 Å². The van der Waals surface area contributed by atoms with Gasteiger partial charge in [-0.1, -0.05) is 60.7 Å². The Kier molecular flexibility index (Phi) is 5.62. The van der Waals surface area contributed by atoms with Gasteiger partial charge >= 0.3 is 6.01 Å². The van der Waals surface area contributed by atoms with E-state index in [1.165, 1.54) is 0 Å². The molecule has 0 spiro atoms. The van der Waals surface area contributed by atoms with Crippen LogP contribution >= 0.6 is 0 Å². The third-order valence-electron chi connectivity index (χ3n) is 4.45. The van der Waals surface area contributed by atoms with E-state index in [0.29, 0.717) is 0 Å². The number of nitrogens with zero attached hydrogens (tertiary/aromatic N) is 2. The highest BCUT2D eigenvalue weighted by molar-refractivity contribution is 5.63. The summed E-state index contributed by atoms with van der Waals surface area (Å²) < 4.78 is 12.0. The molecule has 0 saturated carbocycles. The van der Waals surface area contributed by atoms with Crippen LogP contribution in [0.5, 0.6) is 6.01 Å². The fraction of sp³-hybridized carbons (Fsp3) is 0.227. The summed E-state index contributed by atoms with van der Waals surface area (Å²) in [6, 6.07) is 21.1. The number of carbonyl (C=O) groups is 1. The summed E-state index contributed by atoms with van der Waals surface area (Å²) in [5.74, 6) is 0. The van der Waals surface area contributed by atoms with E-state index in [1.54, 1.807) is 7.11 Å². The maximum atomic E-state index is 12.2. The van der Waals surface area contributed by atoms with Crippen molar-refractivity contribution in [3.63, 3.8) is 0 Å². The summed E-state index contributed by atoms with van der Waals surface area (Å²) in [6.07, 6.45) is -0.238. The minimum absolute atomic E-state index is 0.151. The highest BCUT2D eigenvalue weighted by atomic mass is 16.6. The molecule has 1 atom stereocenters. The highest BCUT2D eigenvalue weighted by Crippen LogP contribution is 2.37. The number of aldehydes is 1. The standard InChI is InChI=1S/C22H22N2O3/c1-16-14-17(2)24-21(23-16)27-20(15-25)22(26-3,18-10-6-4-7-11-18)19-12-8-5-9-13-19/h4-15,20H,1-3H3/t20-/m1/s1. The second-order valence-corrected chi connectivity index (χ2v) is 6.28. The van der Waals surface area contributed by atoms with Gasteiger partial charge in [-0.25, -0.2) is 9.97 Å². The maximum Gasteiger partial charge on any atom is 0.317 e. The number of methoxy groups -OCH3 is 1. The van der Waals surface area contributed by atoms with Crippen molar-refractivity contribution in [1.82, 2.24) is 9.97 Å². The smallest absolute Gasteiger partial charge is 0.317 e. The average Bonchev–Trinajstić information content (AvgIpc) is 2.69. The van der Waals surface area contributed by atoms with Gasteiger partial charge in [-0.3, -0.25) is 4.79 Å². The Morgan fingerprint density at radius 3 is 1.78 bits per heavy atom. The number of rotatable bonds is 7. The van der Waals surface area contributed by atoms with Crippen LogP contribution in [0.4, 0.5) is 0 Å². The molecule has 1 aromatic heterocycles. The Morgan fingerprint density at radius 1 is 0.889 bits per heavy atom. The molecule has 0 radical (unpaired) electrons. The Bertz CT molecular complexity index is 838. The van der Waals surface area contributed by atoms with Gasteiger partial charge in [0.05, 0.1) is 0 Å². The first-order valence-corrected chi connectivity index (χ1v) is 8.70. The van der Waals surface area contributed by atoms with Gasteiger partial charge < -0.3 is 9.47 Å². The molecule has 0 aliphatic heterocycles. The van der Waals surface area contributed by atoms with Gasteiger partial charge in [0.2, 0.25) is 0 Å². The zero-order valence-electron chi connectivity index (χ0n) is 15.6. The Morgan fingerprint density at radius 2 is 1.37 bits per heavy atom. The largest absolute Gasteiger partial charge is 0.449 e. The molecule has 138 valence electrons. The molecule has 0 saturated heterocycles. The van der Waals surface area contributed by atoms with E-state index in [2.05, 4.69) is 9.97 Å². The molecular weight excluding hydrogens is 340 g/mol. The summed E-state index contributed by atoms with van der Waals surface area (Å²) in [4.78, 5) is 20.8. The third-order valence-corrected chi connectivity index (χ3v) is 4.45. The van der Waals surface area contributed by atoms with Crippen molar-refractivity contribution < 1.29 is 14.3 Å². The number of hydrogen-bond donors (Lipinski definition) is 0. The fourth-order valence-corrected chi connectivity index (χ4v) is 3.28. The van der Waals surface area contributed by atoms with Crippen molar-refractivity contribution in [2.75, 3.05) is 7.11 Å². The first-order chi connectivity index (χ1) is 13.1. The van der Waals surface area contributed by atoms with Crippen LogP contribution in [0.3, 0.4) is 0 Å². The van der Waals surface area contributed by atoms with Crippen LogP contribution in [-0.4, -0.2) is 29.5 Å². The number of aryl methyl sites for hydroxylation is 2. The Hall–Kier alpha value is -3.05. The Labute approximate surface area is 159 Å². The molecule has 3 rings (SSSR count). The van der Waals surface area contributed by atoms with Gasteiger partial charge in [0, 0.05) is 18.5 Å². The van der Waals surface area contributed by atoms with Crippen LogP contribution in [0.15, 0.2) is 66.7 Å². The average molecular weight is 362 g/mol. The lowest BCUT2D eigenvalue weighted by molar-refractivity contribution is -0.128. The van der Waals surface area contributed by atoms with Gasteiger partial charge in [-0.2, -0.15) is 0 Å². The summed E-state index contributed by atoms with van der Waals surface area (Å²) >= 11 is 0. The molecule has 5 nitrogen and oxygen atoms in total. The molecule has 1 heterocycles. The van der Waals surface area contributed by atoms with Crippen molar-refractivity contribution in [1.29, 1.82) is 0 Å². The molecule has 27 heavy (non-hydrogen) atoms. The molecule has 0 aliphatic carbocycles. The molecular formula is C22H22N2O3. The molecule has 0 fully saturated rings. The van der Waals surface area contributed by atoms with E-state index in [4.69, 9.17) is 9.47 Å². The van der Waals surface area contributed by atoms with Crippen molar-refractivity contribution in [3.8, 4) is 6.01 Å². The van der Waals surface area contributed by atoms with E-state index in [9.17, 15) is 4.79 Å². The zero-order valence-corrected chi connectivity index (χ0v) is 15.6. The fourth-order valence-electron chi connectivity index (χ4n) is 3.28. The van der Waals surface area contributed by atoms with Crippen LogP contribution in [0.2, 0.25) is 0 Å². The molecule has 0 unspecified atom stereocenters. The predicted molar refractivity (Wildman–Crippen MR) is 103 cm³/mol. The molecule has 0 N–H and O–H groups in total. The normalized spacial score (nSPS) is 12.4. The van der Waals surface area contributed by atoms with Gasteiger partial charge in [0.15, 0.2) is 18.0 Å². The summed E-state index contributed by atoms with van der Waals surface area (Å²) in [5, 5.41) is 0. The third kappa shape index (κ3) is 3.73. The first kappa shape index (κ1) is 18.7. The van der Waals surface area contributed by atoms with E-state index in [0.717, 1.165) is 28.8 Å². The van der Waals surface area contributed by atoms with Crippen LogP contribution in [0, 0.1) is 13.8 Å². The summed E-state index contributed by atoms with van der Waals surface area (Å²) in [5.41, 5.74) is 2.01. The van der Waals surface area contributed by atoms with Crippen molar-refractivity contribution in [3.05, 3.63) is 89.2 Å². The van der Waals surface area contributed by atoms with Gasteiger partial charge in [-0.05, 0) is 31.0 Å². The SMILES string of the molecule is COC(c1ccccc1)(c1ccccc1)[C@@H](C=O)Oc1nc(C)cc(C)n1. The number of aromatic nitrogens is 2. The molecule has 5 heteroatoms. The van der Waals surface area contributed by atoms with Crippen molar-refractivity contribution in [2.24, 2.45) is 0 Å². The van der Waals surface area contributed by atoms with E-state index in [1.807, 2.05) is 80.6 Å². The van der Waals surface area contributed by atoms with E-state index >= 15 is 0 Å². The van der Waals surface area contributed by atoms with Gasteiger partial charge in [-0.15, -0.1) is 0 Å². The lowest BCUT2D eigenvalue weighted by atomic mass is 9.81. The van der Waals surface area contributed by atoms with Crippen LogP contribution in [-0.2, 0) is 15.1 Å². The van der Waals surface area contributed by atoms with Crippen LogP contribution in [0.1, 0.15) is 22.5 Å². The number of hydrogen-bond acceptors (Lipinski definition) is 5. The second-order valence-electron chi connectivity index (χ2n) is 6.28. The quantitative estimate of drug-likeness (QED) is 0.601. The minimum Gasteiger partial charge on any atom is -0.449 e. The summed E-state index contributed by atoms with van der Waals surface area (Å²) in [7, 11) is 1.57. The second kappa shape index (κ2) is 8.10. The molecule has 2 aromatic carbocycles. The van der Waals surface area contributed by atoms with Crippen LogP contribution < -0.4 is 4.74 Å². The number of ether oxygens (including phenoxy) is 2. The predicted octanol–water partition coefficient (Wildman–Crippen LogP) is 3.63. The van der Waals surface area contributed by atoms with Crippen molar-refractivity contribution in [2.45, 2.75) is 25.6 Å². The molecule has 0 bridgehead atoms. The first-order valence-electron chi connectivity index (χ1n) is 8.70. The lowest BCUT2D eigenvalue weighted by Gasteiger charge is -2.37. The summed E-state index contributed by atoms with van der Waals surface area (Å²) in [6.45, 7) is 3.71. The molecule has 0 amide bonds. The van der Waals surface area contributed by atoms with Gasteiger partial charge in [0.25, 0.3) is 0 Å². The van der Waals surface area contributed by atoms with Crippen LogP contribution in [0.25, 0.3) is 0 Å². The molecule has 3 aromatic rings.